The van der Waals surface area contributed by atoms with Crippen LogP contribution in [0.1, 0.15) is 105 Å². The molecule has 0 atom stereocenters. The molecule has 0 unspecified atom stereocenters. The highest BCUT2D eigenvalue weighted by Crippen LogP contribution is 2.13. The van der Waals surface area contributed by atoms with Crippen molar-refractivity contribution in [3.63, 3.8) is 0 Å². The van der Waals surface area contributed by atoms with E-state index in [0.717, 1.165) is 30.4 Å². The predicted octanol–water partition coefficient (Wildman–Crippen LogP) is 7.16. The smallest absolute Gasteiger partial charge is 0.432 e. The molecule has 0 spiro atoms. The van der Waals surface area contributed by atoms with Gasteiger partial charge >= 0.3 is 12.1 Å². The summed E-state index contributed by atoms with van der Waals surface area (Å²) in [5.74, 6) is -0.732. The highest BCUT2D eigenvalue weighted by Gasteiger charge is 2.14. The van der Waals surface area contributed by atoms with Crippen LogP contribution in [0.25, 0.3) is 0 Å². The van der Waals surface area contributed by atoms with Crippen molar-refractivity contribution in [1.29, 1.82) is 0 Å². The quantitative estimate of drug-likeness (QED) is 0.122. The molecule has 0 aliphatic rings. The SMILES string of the molecule is CCCCCCCCCCCCCCOC(=O)OOOC(=O)c1cc(C)ccc1C. The van der Waals surface area contributed by atoms with E-state index >= 15 is 0 Å². The minimum atomic E-state index is -1.02. The molecule has 0 aliphatic heterocycles. The molecule has 0 aliphatic carbocycles. The van der Waals surface area contributed by atoms with Crippen molar-refractivity contribution < 1.29 is 29.1 Å². The van der Waals surface area contributed by atoms with Gasteiger partial charge in [-0.2, -0.15) is 0 Å². The van der Waals surface area contributed by atoms with Gasteiger partial charge in [-0.15, -0.1) is 0 Å². The van der Waals surface area contributed by atoms with Gasteiger partial charge in [-0.25, -0.2) is 14.5 Å². The molecule has 0 N–H and O–H groups in total. The lowest BCUT2D eigenvalue weighted by Gasteiger charge is -2.06. The van der Waals surface area contributed by atoms with Crippen molar-refractivity contribution in [3.8, 4) is 0 Å². The van der Waals surface area contributed by atoms with Crippen molar-refractivity contribution in [2.75, 3.05) is 6.61 Å². The van der Waals surface area contributed by atoms with E-state index in [1.165, 1.54) is 57.8 Å². The van der Waals surface area contributed by atoms with Crippen LogP contribution < -0.4 is 0 Å². The van der Waals surface area contributed by atoms with Crippen LogP contribution in [0.4, 0.5) is 4.79 Å². The molecule has 30 heavy (non-hydrogen) atoms. The first-order chi connectivity index (χ1) is 14.5. The molecule has 6 nitrogen and oxygen atoms in total. The third kappa shape index (κ3) is 12.5. The Hall–Kier alpha value is -2.08. The number of unbranched alkanes of at least 4 members (excludes halogenated alkanes) is 11. The van der Waals surface area contributed by atoms with Crippen molar-refractivity contribution in [3.05, 3.63) is 34.9 Å². The van der Waals surface area contributed by atoms with Crippen LogP contribution in [0, 0.1) is 13.8 Å². The van der Waals surface area contributed by atoms with Gasteiger partial charge in [0.15, 0.2) is 0 Å². The first kappa shape index (κ1) is 26.0. The number of aryl methyl sites for hydroxylation is 2. The van der Waals surface area contributed by atoms with E-state index in [4.69, 9.17) is 4.74 Å². The Morgan fingerprint density at radius 1 is 0.767 bits per heavy atom. The molecule has 0 amide bonds. The highest BCUT2D eigenvalue weighted by atomic mass is 17.5. The Morgan fingerprint density at radius 3 is 1.93 bits per heavy atom. The average Bonchev–Trinajstić information content (AvgIpc) is 2.73. The Balaban J connectivity index is 1.94. The number of carbonyl (C=O) groups excluding carboxylic acids is 2. The van der Waals surface area contributed by atoms with Gasteiger partial charge < -0.3 is 4.74 Å². The molecule has 0 aromatic heterocycles. The standard InChI is InChI=1S/C24H38O6/c1-4-5-6-7-8-9-10-11-12-13-14-15-18-27-24(26)29-30-28-23(25)22-19-20(2)16-17-21(22)3/h16-17,19H,4-15,18H2,1-3H3. The lowest BCUT2D eigenvalue weighted by atomic mass is 10.1. The van der Waals surface area contributed by atoms with Crippen LogP contribution in [-0.4, -0.2) is 18.7 Å². The van der Waals surface area contributed by atoms with Crippen molar-refractivity contribution in [2.24, 2.45) is 0 Å². The zero-order valence-electron chi connectivity index (χ0n) is 18.9. The van der Waals surface area contributed by atoms with Crippen molar-refractivity contribution in [1.82, 2.24) is 0 Å². The normalized spacial score (nSPS) is 10.6. The average molecular weight is 423 g/mol. The molecule has 0 bridgehead atoms. The molecule has 1 aromatic carbocycles. The third-order valence-corrected chi connectivity index (χ3v) is 5.04. The number of benzene rings is 1. The lowest BCUT2D eigenvalue weighted by Crippen LogP contribution is -2.13. The van der Waals surface area contributed by atoms with E-state index in [-0.39, 0.29) is 6.61 Å². The first-order valence-electron chi connectivity index (χ1n) is 11.3. The van der Waals surface area contributed by atoms with Gasteiger partial charge in [-0.3, -0.25) is 4.89 Å². The lowest BCUT2D eigenvalue weighted by molar-refractivity contribution is -0.452. The summed E-state index contributed by atoms with van der Waals surface area (Å²) < 4.78 is 4.89. The highest BCUT2D eigenvalue weighted by molar-refractivity contribution is 5.90. The van der Waals surface area contributed by atoms with Crippen LogP contribution in [-0.2, 0) is 19.6 Å². The van der Waals surface area contributed by atoms with E-state index < -0.39 is 12.1 Å². The van der Waals surface area contributed by atoms with Gasteiger partial charge in [-0.05, 0) is 31.9 Å². The number of carbonyl (C=O) groups is 2. The molecule has 0 saturated carbocycles. The van der Waals surface area contributed by atoms with E-state index in [2.05, 4.69) is 21.7 Å². The topological polar surface area (TPSA) is 71.1 Å². The molecule has 0 saturated heterocycles. The Labute approximate surface area is 181 Å². The summed E-state index contributed by atoms with van der Waals surface area (Å²) in [7, 11) is 0. The van der Waals surface area contributed by atoms with Crippen LogP contribution in [0.5, 0.6) is 0 Å². The third-order valence-electron chi connectivity index (χ3n) is 5.04. The molecule has 1 aromatic rings. The fourth-order valence-electron chi connectivity index (χ4n) is 3.20. The second kappa shape index (κ2) is 16.7. The zero-order valence-corrected chi connectivity index (χ0v) is 18.9. The van der Waals surface area contributed by atoms with Gasteiger partial charge in [0, 0.05) is 0 Å². The zero-order chi connectivity index (χ0) is 22.0. The Kier molecular flexibility index (Phi) is 14.4. The Morgan fingerprint density at radius 2 is 1.33 bits per heavy atom. The molecule has 6 heteroatoms. The molecule has 0 fully saturated rings. The van der Waals surface area contributed by atoms with Gasteiger partial charge in [0.25, 0.3) is 0 Å². The monoisotopic (exact) mass is 422 g/mol. The maximum absolute atomic E-state index is 11.9. The minimum absolute atomic E-state index is 0.255. The second-order valence-corrected chi connectivity index (χ2v) is 7.83. The number of rotatable bonds is 16. The van der Waals surface area contributed by atoms with Crippen molar-refractivity contribution >= 4 is 12.1 Å². The summed E-state index contributed by atoms with van der Waals surface area (Å²) in [5, 5.41) is 4.25. The summed E-state index contributed by atoms with van der Waals surface area (Å²) in [6.45, 7) is 6.14. The minimum Gasteiger partial charge on any atom is -0.432 e. The van der Waals surface area contributed by atoms with Crippen LogP contribution in [0.2, 0.25) is 0 Å². The summed E-state index contributed by atoms with van der Waals surface area (Å²) >= 11 is 0. The molecular formula is C24H38O6. The largest absolute Gasteiger partial charge is 0.543 e. The molecule has 0 heterocycles. The van der Waals surface area contributed by atoms with E-state index in [1.54, 1.807) is 19.1 Å². The molecule has 0 radical (unpaired) electrons. The summed E-state index contributed by atoms with van der Waals surface area (Å²) in [4.78, 5) is 32.1. The van der Waals surface area contributed by atoms with E-state index in [0.29, 0.717) is 5.56 Å². The summed E-state index contributed by atoms with van der Waals surface area (Å²) in [6, 6.07) is 5.36. The Bertz CT molecular complexity index is 614. The molecule has 170 valence electrons. The van der Waals surface area contributed by atoms with Crippen LogP contribution in [0.15, 0.2) is 18.2 Å². The number of ether oxygens (including phenoxy) is 1. The number of hydrogen-bond acceptors (Lipinski definition) is 6. The van der Waals surface area contributed by atoms with Crippen LogP contribution in [0.3, 0.4) is 0 Å². The maximum atomic E-state index is 11.9. The van der Waals surface area contributed by atoms with Gasteiger partial charge in [0.2, 0.25) is 0 Å². The fourth-order valence-corrected chi connectivity index (χ4v) is 3.20. The fraction of sp³-hybridized carbons (Fsp3) is 0.667. The van der Waals surface area contributed by atoms with Crippen LogP contribution >= 0.6 is 0 Å². The van der Waals surface area contributed by atoms with E-state index in [9.17, 15) is 9.59 Å². The van der Waals surface area contributed by atoms with Gasteiger partial charge in [0.05, 0.1) is 17.2 Å². The summed E-state index contributed by atoms with van der Waals surface area (Å²) in [5.41, 5.74) is 2.00. The van der Waals surface area contributed by atoms with Gasteiger partial charge in [-0.1, -0.05) is 95.2 Å². The molecular weight excluding hydrogens is 384 g/mol. The van der Waals surface area contributed by atoms with E-state index in [1.807, 2.05) is 13.0 Å². The maximum Gasteiger partial charge on any atom is 0.543 e. The predicted molar refractivity (Wildman–Crippen MR) is 116 cm³/mol. The first-order valence-corrected chi connectivity index (χ1v) is 11.3. The molecule has 1 rings (SSSR count). The second-order valence-electron chi connectivity index (χ2n) is 7.83. The van der Waals surface area contributed by atoms with Crippen molar-refractivity contribution in [2.45, 2.75) is 97.8 Å². The number of hydrogen-bond donors (Lipinski definition) is 0. The summed E-state index contributed by atoms with van der Waals surface area (Å²) in [6.07, 6.45) is 13.8. The van der Waals surface area contributed by atoms with Gasteiger partial charge in [0.1, 0.15) is 0 Å².